The Kier molecular flexibility index (Phi) is 4.22. The SMILES string of the molecule is CC1CCCC(N2CCOC(CN)C2)C1C. The lowest BCUT2D eigenvalue weighted by atomic mass is 9.77. The van der Waals surface area contributed by atoms with E-state index < -0.39 is 0 Å². The number of hydrogen-bond acceptors (Lipinski definition) is 3. The standard InChI is InChI=1S/C13H26N2O/c1-10-4-3-5-13(11(10)2)15-6-7-16-12(8-14)9-15/h10-13H,3-9,14H2,1-2H3. The first-order valence-electron chi connectivity index (χ1n) is 6.78. The van der Waals surface area contributed by atoms with Crippen molar-refractivity contribution in [3.05, 3.63) is 0 Å². The van der Waals surface area contributed by atoms with Gasteiger partial charge in [0.2, 0.25) is 0 Å². The lowest BCUT2D eigenvalue weighted by molar-refractivity contribution is -0.0572. The van der Waals surface area contributed by atoms with Crippen molar-refractivity contribution in [1.29, 1.82) is 0 Å². The molecule has 94 valence electrons. The number of nitrogens with two attached hydrogens (primary N) is 1. The van der Waals surface area contributed by atoms with Crippen LogP contribution in [0, 0.1) is 11.8 Å². The molecule has 0 radical (unpaired) electrons. The van der Waals surface area contributed by atoms with Crippen molar-refractivity contribution in [2.45, 2.75) is 45.3 Å². The Balaban J connectivity index is 1.94. The summed E-state index contributed by atoms with van der Waals surface area (Å²) in [5, 5.41) is 0. The van der Waals surface area contributed by atoms with Crippen LogP contribution < -0.4 is 5.73 Å². The van der Waals surface area contributed by atoms with Crippen molar-refractivity contribution in [3.8, 4) is 0 Å². The molecule has 1 saturated carbocycles. The Hall–Kier alpha value is -0.120. The fourth-order valence-electron chi connectivity index (χ4n) is 3.26. The smallest absolute Gasteiger partial charge is 0.0824 e. The van der Waals surface area contributed by atoms with Crippen molar-refractivity contribution in [2.24, 2.45) is 17.6 Å². The Labute approximate surface area is 99.3 Å². The molecule has 2 N–H and O–H groups in total. The van der Waals surface area contributed by atoms with Crippen LogP contribution in [0.5, 0.6) is 0 Å². The van der Waals surface area contributed by atoms with Crippen LogP contribution in [0.4, 0.5) is 0 Å². The summed E-state index contributed by atoms with van der Waals surface area (Å²) in [5.41, 5.74) is 5.71. The Morgan fingerprint density at radius 2 is 2.12 bits per heavy atom. The molecule has 1 saturated heterocycles. The molecule has 4 unspecified atom stereocenters. The highest BCUT2D eigenvalue weighted by Crippen LogP contribution is 2.33. The average molecular weight is 226 g/mol. The summed E-state index contributed by atoms with van der Waals surface area (Å²) in [7, 11) is 0. The number of hydrogen-bond donors (Lipinski definition) is 1. The van der Waals surface area contributed by atoms with Gasteiger partial charge in [-0.15, -0.1) is 0 Å². The van der Waals surface area contributed by atoms with Gasteiger partial charge < -0.3 is 10.5 Å². The van der Waals surface area contributed by atoms with Gasteiger partial charge in [0.05, 0.1) is 12.7 Å². The molecule has 0 aromatic rings. The maximum Gasteiger partial charge on any atom is 0.0824 e. The van der Waals surface area contributed by atoms with Crippen molar-refractivity contribution in [1.82, 2.24) is 4.90 Å². The fourth-order valence-corrected chi connectivity index (χ4v) is 3.26. The van der Waals surface area contributed by atoms with Crippen LogP contribution in [0.1, 0.15) is 33.1 Å². The quantitative estimate of drug-likeness (QED) is 0.775. The fraction of sp³-hybridized carbons (Fsp3) is 1.00. The van der Waals surface area contributed by atoms with Crippen molar-refractivity contribution >= 4 is 0 Å². The topological polar surface area (TPSA) is 38.5 Å². The van der Waals surface area contributed by atoms with Crippen LogP contribution in [0.15, 0.2) is 0 Å². The molecule has 4 atom stereocenters. The summed E-state index contributed by atoms with van der Waals surface area (Å²) in [4.78, 5) is 2.63. The van der Waals surface area contributed by atoms with Gasteiger partial charge in [-0.25, -0.2) is 0 Å². The van der Waals surface area contributed by atoms with Gasteiger partial charge in [-0.2, -0.15) is 0 Å². The molecular formula is C13H26N2O. The summed E-state index contributed by atoms with van der Waals surface area (Å²) in [6, 6.07) is 0.765. The molecule has 16 heavy (non-hydrogen) atoms. The molecule has 3 nitrogen and oxygen atoms in total. The highest BCUT2D eigenvalue weighted by molar-refractivity contribution is 4.87. The average Bonchev–Trinajstić information content (AvgIpc) is 2.33. The lowest BCUT2D eigenvalue weighted by Crippen LogP contribution is -2.53. The maximum atomic E-state index is 5.71. The minimum absolute atomic E-state index is 0.262. The van der Waals surface area contributed by atoms with Gasteiger partial charge in [0, 0.05) is 25.7 Å². The van der Waals surface area contributed by atoms with Crippen molar-refractivity contribution < 1.29 is 4.74 Å². The zero-order valence-corrected chi connectivity index (χ0v) is 10.7. The molecule has 0 aromatic carbocycles. The van der Waals surface area contributed by atoms with Gasteiger partial charge in [0.15, 0.2) is 0 Å². The first-order valence-corrected chi connectivity index (χ1v) is 6.78. The maximum absolute atomic E-state index is 5.71. The molecule has 3 heteroatoms. The van der Waals surface area contributed by atoms with E-state index in [1.165, 1.54) is 19.3 Å². The van der Waals surface area contributed by atoms with Crippen LogP contribution in [0.3, 0.4) is 0 Å². The molecule has 0 bridgehead atoms. The molecular weight excluding hydrogens is 200 g/mol. The number of nitrogens with zero attached hydrogens (tertiary/aromatic N) is 1. The first kappa shape index (κ1) is 12.3. The van der Waals surface area contributed by atoms with Crippen LogP contribution in [-0.4, -0.2) is 43.3 Å². The summed E-state index contributed by atoms with van der Waals surface area (Å²) in [6.07, 6.45) is 4.42. The van der Waals surface area contributed by atoms with E-state index in [-0.39, 0.29) is 6.10 Å². The molecule has 0 amide bonds. The summed E-state index contributed by atoms with van der Waals surface area (Å²) < 4.78 is 5.64. The summed E-state index contributed by atoms with van der Waals surface area (Å²) in [6.45, 7) is 8.47. The van der Waals surface area contributed by atoms with E-state index in [9.17, 15) is 0 Å². The monoisotopic (exact) mass is 226 g/mol. The van der Waals surface area contributed by atoms with E-state index in [4.69, 9.17) is 10.5 Å². The molecule has 0 spiro atoms. The molecule has 2 rings (SSSR count). The zero-order chi connectivity index (χ0) is 11.5. The molecule has 0 aromatic heterocycles. The third-order valence-electron chi connectivity index (χ3n) is 4.57. The second-order valence-electron chi connectivity index (χ2n) is 5.56. The Morgan fingerprint density at radius 1 is 1.31 bits per heavy atom. The van der Waals surface area contributed by atoms with Crippen molar-refractivity contribution in [3.63, 3.8) is 0 Å². The first-order chi connectivity index (χ1) is 7.72. The zero-order valence-electron chi connectivity index (χ0n) is 10.7. The lowest BCUT2D eigenvalue weighted by Gasteiger charge is -2.44. The number of ether oxygens (including phenoxy) is 1. The Morgan fingerprint density at radius 3 is 2.88 bits per heavy atom. The van der Waals surface area contributed by atoms with E-state index in [2.05, 4.69) is 18.7 Å². The van der Waals surface area contributed by atoms with E-state index in [0.717, 1.165) is 37.6 Å². The van der Waals surface area contributed by atoms with Crippen molar-refractivity contribution in [2.75, 3.05) is 26.2 Å². The Bertz CT molecular complexity index is 222. The van der Waals surface area contributed by atoms with Gasteiger partial charge >= 0.3 is 0 Å². The van der Waals surface area contributed by atoms with E-state index >= 15 is 0 Å². The molecule has 2 fully saturated rings. The van der Waals surface area contributed by atoms with Crippen LogP contribution >= 0.6 is 0 Å². The molecule has 1 aliphatic heterocycles. The number of morpholine rings is 1. The highest BCUT2D eigenvalue weighted by atomic mass is 16.5. The predicted octanol–water partition coefficient (Wildman–Crippen LogP) is 1.47. The minimum atomic E-state index is 0.262. The van der Waals surface area contributed by atoms with Gasteiger partial charge in [-0.3, -0.25) is 4.90 Å². The third-order valence-corrected chi connectivity index (χ3v) is 4.57. The van der Waals surface area contributed by atoms with Crippen LogP contribution in [0.2, 0.25) is 0 Å². The predicted molar refractivity (Wildman–Crippen MR) is 66.3 cm³/mol. The second kappa shape index (κ2) is 5.48. The van der Waals surface area contributed by atoms with Gasteiger partial charge in [-0.05, 0) is 18.3 Å². The molecule has 1 aliphatic carbocycles. The normalized spacial score (nSPS) is 42.2. The molecule has 1 heterocycles. The van der Waals surface area contributed by atoms with Gasteiger partial charge in [-0.1, -0.05) is 26.7 Å². The third kappa shape index (κ3) is 2.58. The van der Waals surface area contributed by atoms with E-state index in [0.29, 0.717) is 6.54 Å². The largest absolute Gasteiger partial charge is 0.374 e. The minimum Gasteiger partial charge on any atom is -0.374 e. The summed E-state index contributed by atoms with van der Waals surface area (Å²) in [5.74, 6) is 1.70. The van der Waals surface area contributed by atoms with Crippen LogP contribution in [0.25, 0.3) is 0 Å². The summed E-state index contributed by atoms with van der Waals surface area (Å²) >= 11 is 0. The molecule has 2 aliphatic rings. The second-order valence-corrected chi connectivity index (χ2v) is 5.56. The van der Waals surface area contributed by atoms with E-state index in [1.807, 2.05) is 0 Å². The van der Waals surface area contributed by atoms with E-state index in [1.54, 1.807) is 0 Å². The van der Waals surface area contributed by atoms with Gasteiger partial charge in [0.25, 0.3) is 0 Å². The highest BCUT2D eigenvalue weighted by Gasteiger charge is 2.33. The number of rotatable bonds is 2. The van der Waals surface area contributed by atoms with Crippen LogP contribution in [-0.2, 0) is 4.74 Å². The van der Waals surface area contributed by atoms with Gasteiger partial charge in [0.1, 0.15) is 0 Å².